The SMILES string of the molecule is Cc1cc(C(=O)CN(C)Cc2csc(C)n2)c(C)[nH]1. The number of ketones is 1. The van der Waals surface area contributed by atoms with Crippen LogP contribution in [0.3, 0.4) is 0 Å². The highest BCUT2D eigenvalue weighted by Gasteiger charge is 2.14. The Hall–Kier alpha value is -1.46. The first-order valence-electron chi connectivity index (χ1n) is 6.24. The number of aromatic amines is 1. The van der Waals surface area contributed by atoms with Crippen LogP contribution in [0.25, 0.3) is 0 Å². The van der Waals surface area contributed by atoms with Gasteiger partial charge in [0.2, 0.25) is 0 Å². The molecule has 19 heavy (non-hydrogen) atoms. The van der Waals surface area contributed by atoms with Crippen LogP contribution in [0.1, 0.15) is 32.4 Å². The number of likely N-dealkylation sites (N-methyl/N-ethyl adjacent to an activating group) is 1. The van der Waals surface area contributed by atoms with Gasteiger partial charge in [0.1, 0.15) is 0 Å². The first kappa shape index (κ1) is 14.0. The quantitative estimate of drug-likeness (QED) is 0.855. The van der Waals surface area contributed by atoms with Crippen LogP contribution in [0, 0.1) is 20.8 Å². The highest BCUT2D eigenvalue weighted by molar-refractivity contribution is 7.09. The van der Waals surface area contributed by atoms with E-state index in [9.17, 15) is 4.79 Å². The fourth-order valence-corrected chi connectivity index (χ4v) is 2.76. The van der Waals surface area contributed by atoms with Gasteiger partial charge in [-0.25, -0.2) is 4.98 Å². The molecule has 2 heterocycles. The van der Waals surface area contributed by atoms with Crippen LogP contribution in [0.4, 0.5) is 0 Å². The van der Waals surface area contributed by atoms with Crippen molar-refractivity contribution < 1.29 is 4.79 Å². The van der Waals surface area contributed by atoms with E-state index >= 15 is 0 Å². The molecule has 2 rings (SSSR count). The van der Waals surface area contributed by atoms with Gasteiger partial charge in [-0.15, -0.1) is 11.3 Å². The van der Waals surface area contributed by atoms with Gasteiger partial charge < -0.3 is 4.98 Å². The maximum atomic E-state index is 12.2. The van der Waals surface area contributed by atoms with Gasteiger partial charge in [-0.3, -0.25) is 9.69 Å². The van der Waals surface area contributed by atoms with Gasteiger partial charge in [-0.1, -0.05) is 0 Å². The number of nitrogens with zero attached hydrogens (tertiary/aromatic N) is 2. The zero-order chi connectivity index (χ0) is 14.0. The summed E-state index contributed by atoms with van der Waals surface area (Å²) >= 11 is 1.64. The number of nitrogens with one attached hydrogen (secondary N) is 1. The molecule has 0 bridgehead atoms. The van der Waals surface area contributed by atoms with Gasteiger partial charge >= 0.3 is 0 Å². The predicted octanol–water partition coefficient (Wildman–Crippen LogP) is 2.71. The molecular formula is C14H19N3OS. The number of aryl methyl sites for hydroxylation is 3. The van der Waals surface area contributed by atoms with Crippen molar-refractivity contribution in [1.82, 2.24) is 14.9 Å². The maximum Gasteiger partial charge on any atom is 0.178 e. The third-order valence-electron chi connectivity index (χ3n) is 2.96. The van der Waals surface area contributed by atoms with Crippen LogP contribution in [0.5, 0.6) is 0 Å². The minimum Gasteiger partial charge on any atom is -0.362 e. The second kappa shape index (κ2) is 5.67. The van der Waals surface area contributed by atoms with Crippen molar-refractivity contribution in [2.75, 3.05) is 13.6 Å². The minimum absolute atomic E-state index is 0.149. The van der Waals surface area contributed by atoms with E-state index in [2.05, 4.69) is 9.97 Å². The summed E-state index contributed by atoms with van der Waals surface area (Å²) in [5.74, 6) is 0.149. The summed E-state index contributed by atoms with van der Waals surface area (Å²) in [6, 6.07) is 1.92. The van der Waals surface area contributed by atoms with Crippen molar-refractivity contribution in [1.29, 1.82) is 0 Å². The molecule has 1 N–H and O–H groups in total. The number of H-pyrrole nitrogens is 1. The maximum absolute atomic E-state index is 12.2. The lowest BCUT2D eigenvalue weighted by Gasteiger charge is -2.14. The van der Waals surface area contributed by atoms with Gasteiger partial charge in [-0.05, 0) is 33.9 Å². The molecule has 0 fully saturated rings. The lowest BCUT2D eigenvalue weighted by Crippen LogP contribution is -2.26. The van der Waals surface area contributed by atoms with E-state index in [-0.39, 0.29) is 5.78 Å². The van der Waals surface area contributed by atoms with Gasteiger partial charge in [0.25, 0.3) is 0 Å². The van der Waals surface area contributed by atoms with Gasteiger partial charge in [0.05, 0.1) is 17.2 Å². The van der Waals surface area contributed by atoms with Crippen molar-refractivity contribution in [2.24, 2.45) is 0 Å². The molecule has 0 spiro atoms. The number of hydrogen-bond acceptors (Lipinski definition) is 4. The Bertz CT molecular complexity index is 585. The molecule has 0 amide bonds. The number of aromatic nitrogens is 2. The molecule has 0 aliphatic rings. The Labute approximate surface area is 117 Å². The first-order valence-corrected chi connectivity index (χ1v) is 7.12. The summed E-state index contributed by atoms with van der Waals surface area (Å²) in [6.07, 6.45) is 0. The van der Waals surface area contributed by atoms with E-state index in [1.807, 2.05) is 44.2 Å². The molecule has 0 radical (unpaired) electrons. The molecule has 2 aromatic heterocycles. The molecule has 2 aromatic rings. The van der Waals surface area contributed by atoms with Crippen molar-refractivity contribution in [3.8, 4) is 0 Å². The number of carbonyl (C=O) groups is 1. The number of carbonyl (C=O) groups excluding carboxylic acids is 1. The van der Waals surface area contributed by atoms with Crippen molar-refractivity contribution in [2.45, 2.75) is 27.3 Å². The lowest BCUT2D eigenvalue weighted by atomic mass is 10.1. The molecule has 0 saturated heterocycles. The normalized spacial score (nSPS) is 11.2. The summed E-state index contributed by atoms with van der Waals surface area (Å²) in [6.45, 7) is 7.01. The largest absolute Gasteiger partial charge is 0.362 e. The average Bonchev–Trinajstić information content (AvgIpc) is 2.84. The predicted molar refractivity (Wildman–Crippen MR) is 77.8 cm³/mol. The number of rotatable bonds is 5. The van der Waals surface area contributed by atoms with Gasteiger partial charge in [-0.2, -0.15) is 0 Å². The zero-order valence-corrected chi connectivity index (χ0v) is 12.6. The molecule has 0 aliphatic carbocycles. The molecule has 0 unspecified atom stereocenters. The van der Waals surface area contributed by atoms with Gasteiger partial charge in [0, 0.05) is 28.9 Å². The number of Topliss-reactive ketones (excluding diaryl/α,β-unsaturated/α-hetero) is 1. The van der Waals surface area contributed by atoms with Crippen LogP contribution in [0.15, 0.2) is 11.4 Å². The number of thiazole rings is 1. The van der Waals surface area contributed by atoms with E-state index in [4.69, 9.17) is 0 Å². The van der Waals surface area contributed by atoms with E-state index in [1.165, 1.54) is 0 Å². The van der Waals surface area contributed by atoms with Crippen LogP contribution in [-0.2, 0) is 6.54 Å². The summed E-state index contributed by atoms with van der Waals surface area (Å²) in [7, 11) is 1.95. The Morgan fingerprint density at radius 2 is 2.16 bits per heavy atom. The smallest absolute Gasteiger partial charge is 0.178 e. The third kappa shape index (κ3) is 3.52. The van der Waals surface area contributed by atoms with E-state index in [1.54, 1.807) is 11.3 Å². The topological polar surface area (TPSA) is 49.0 Å². The second-order valence-corrected chi connectivity index (χ2v) is 6.01. The summed E-state index contributed by atoms with van der Waals surface area (Å²) in [5.41, 5.74) is 3.79. The lowest BCUT2D eigenvalue weighted by molar-refractivity contribution is 0.0942. The second-order valence-electron chi connectivity index (χ2n) is 4.94. The summed E-state index contributed by atoms with van der Waals surface area (Å²) in [4.78, 5) is 21.8. The van der Waals surface area contributed by atoms with E-state index in [0.29, 0.717) is 13.1 Å². The van der Waals surface area contributed by atoms with Gasteiger partial charge in [0.15, 0.2) is 5.78 Å². The Kier molecular flexibility index (Phi) is 4.17. The molecule has 4 nitrogen and oxygen atoms in total. The minimum atomic E-state index is 0.149. The fourth-order valence-electron chi connectivity index (χ4n) is 2.16. The molecule has 5 heteroatoms. The molecule has 0 atom stereocenters. The van der Waals surface area contributed by atoms with Crippen LogP contribution in [0.2, 0.25) is 0 Å². The van der Waals surface area contributed by atoms with Crippen molar-refractivity contribution >= 4 is 17.1 Å². The van der Waals surface area contributed by atoms with Crippen LogP contribution >= 0.6 is 11.3 Å². The van der Waals surface area contributed by atoms with E-state index in [0.717, 1.165) is 27.7 Å². The molecule has 0 aliphatic heterocycles. The standard InChI is InChI=1S/C14H19N3OS/c1-9-5-13(10(2)15-9)14(18)7-17(4)6-12-8-19-11(3)16-12/h5,8,15H,6-7H2,1-4H3. The highest BCUT2D eigenvalue weighted by Crippen LogP contribution is 2.13. The van der Waals surface area contributed by atoms with Crippen LogP contribution in [-0.4, -0.2) is 34.2 Å². The fraction of sp³-hybridized carbons (Fsp3) is 0.429. The Balaban J connectivity index is 1.97. The molecule has 102 valence electrons. The monoisotopic (exact) mass is 277 g/mol. The first-order chi connectivity index (χ1) is 8.95. The zero-order valence-electron chi connectivity index (χ0n) is 11.8. The summed E-state index contributed by atoms with van der Waals surface area (Å²) in [5, 5.41) is 3.11. The Morgan fingerprint density at radius 1 is 1.42 bits per heavy atom. The molecule has 0 saturated carbocycles. The van der Waals surface area contributed by atoms with Crippen molar-refractivity contribution in [3.63, 3.8) is 0 Å². The summed E-state index contributed by atoms with van der Waals surface area (Å²) < 4.78 is 0. The number of hydrogen-bond donors (Lipinski definition) is 1. The highest BCUT2D eigenvalue weighted by atomic mass is 32.1. The van der Waals surface area contributed by atoms with Crippen molar-refractivity contribution in [3.05, 3.63) is 39.1 Å². The molecular weight excluding hydrogens is 258 g/mol. The van der Waals surface area contributed by atoms with Crippen LogP contribution < -0.4 is 0 Å². The average molecular weight is 277 g/mol. The van der Waals surface area contributed by atoms with E-state index < -0.39 is 0 Å². The third-order valence-corrected chi connectivity index (χ3v) is 3.78. The molecule has 0 aromatic carbocycles. The Morgan fingerprint density at radius 3 is 2.68 bits per heavy atom.